The van der Waals surface area contributed by atoms with Crippen molar-refractivity contribution in [3.63, 3.8) is 0 Å². The largest absolute Gasteiger partial charge is 0.368 e. The van der Waals surface area contributed by atoms with Crippen LogP contribution in [0.3, 0.4) is 0 Å². The summed E-state index contributed by atoms with van der Waals surface area (Å²) in [5.74, 6) is 2.59. The van der Waals surface area contributed by atoms with Gasteiger partial charge in [-0.1, -0.05) is 0 Å². The molecule has 3 aromatic heterocycles. The van der Waals surface area contributed by atoms with Crippen molar-refractivity contribution in [3.05, 3.63) is 31.0 Å². The van der Waals surface area contributed by atoms with E-state index in [0.29, 0.717) is 16.8 Å². The minimum atomic E-state index is 0.508. The molecule has 1 aliphatic heterocycles. The molecule has 4 heterocycles. The second-order valence-electron chi connectivity index (χ2n) is 5.08. The fourth-order valence-corrected chi connectivity index (χ4v) is 3.75. The molecule has 0 amide bonds. The topological polar surface area (TPSA) is 81.4 Å². The summed E-state index contributed by atoms with van der Waals surface area (Å²) in [6.07, 6.45) is 9.26. The lowest BCUT2D eigenvalue weighted by molar-refractivity contribution is 0.803. The maximum atomic E-state index is 4.35. The van der Waals surface area contributed by atoms with Crippen LogP contribution < -0.4 is 5.32 Å². The number of rotatable bonds is 4. The van der Waals surface area contributed by atoms with Gasteiger partial charge in [-0.2, -0.15) is 21.5 Å². The van der Waals surface area contributed by atoms with Crippen molar-refractivity contribution in [2.75, 3.05) is 17.6 Å². The zero-order valence-electron chi connectivity index (χ0n) is 11.9. The van der Waals surface area contributed by atoms with Crippen LogP contribution in [0.2, 0.25) is 0 Å². The molecular formula is C14H15N7S. The fourth-order valence-electron chi connectivity index (χ4n) is 2.55. The van der Waals surface area contributed by atoms with Crippen molar-refractivity contribution in [2.24, 2.45) is 0 Å². The summed E-state index contributed by atoms with van der Waals surface area (Å²) < 4.78 is 1.63. The minimum Gasteiger partial charge on any atom is -0.368 e. The van der Waals surface area contributed by atoms with Gasteiger partial charge in [0, 0.05) is 24.2 Å². The second-order valence-corrected chi connectivity index (χ2v) is 6.49. The number of nitrogens with zero attached hydrogens (tertiary/aromatic N) is 6. The summed E-state index contributed by atoms with van der Waals surface area (Å²) >= 11 is 2.02. The van der Waals surface area contributed by atoms with E-state index >= 15 is 0 Å². The third-order valence-electron chi connectivity index (χ3n) is 3.63. The van der Waals surface area contributed by atoms with Gasteiger partial charge in [0.1, 0.15) is 12.1 Å². The molecule has 0 aromatic carbocycles. The maximum absolute atomic E-state index is 4.35. The van der Waals surface area contributed by atoms with Crippen LogP contribution in [-0.2, 0) is 0 Å². The van der Waals surface area contributed by atoms with Crippen LogP contribution in [0.5, 0.6) is 0 Å². The summed E-state index contributed by atoms with van der Waals surface area (Å²) in [6.45, 7) is 0.920. The zero-order valence-corrected chi connectivity index (χ0v) is 12.7. The first kappa shape index (κ1) is 13.4. The summed E-state index contributed by atoms with van der Waals surface area (Å²) in [6, 6.07) is 1.77. The standard InChI is InChI=1S/C14H15N7S/c1-3-10(22-6-1)7-17-12-11-8-20-21(13(11)19-9-18-12)14-15-4-2-5-16-14/h2,4-5,8-10H,1,3,6-7H2,(H,17,18,19). The normalized spacial score (nSPS) is 17.9. The minimum absolute atomic E-state index is 0.508. The first-order chi connectivity index (χ1) is 10.9. The lowest BCUT2D eigenvalue weighted by Gasteiger charge is -2.10. The van der Waals surface area contributed by atoms with E-state index in [1.807, 2.05) is 11.8 Å². The molecule has 0 radical (unpaired) electrons. The highest BCUT2D eigenvalue weighted by Gasteiger charge is 2.17. The molecule has 22 heavy (non-hydrogen) atoms. The van der Waals surface area contributed by atoms with Gasteiger partial charge in [0.25, 0.3) is 5.95 Å². The van der Waals surface area contributed by atoms with E-state index in [-0.39, 0.29) is 0 Å². The molecule has 1 N–H and O–H groups in total. The number of thioether (sulfide) groups is 1. The van der Waals surface area contributed by atoms with Crippen molar-refractivity contribution in [2.45, 2.75) is 18.1 Å². The molecule has 1 fully saturated rings. The fraction of sp³-hybridized carbons (Fsp3) is 0.357. The highest BCUT2D eigenvalue weighted by molar-refractivity contribution is 8.00. The monoisotopic (exact) mass is 313 g/mol. The maximum Gasteiger partial charge on any atom is 0.252 e. The van der Waals surface area contributed by atoms with Gasteiger partial charge < -0.3 is 5.32 Å². The molecule has 1 aliphatic rings. The average molecular weight is 313 g/mol. The van der Waals surface area contributed by atoms with E-state index in [1.165, 1.54) is 18.6 Å². The highest BCUT2D eigenvalue weighted by atomic mass is 32.2. The zero-order chi connectivity index (χ0) is 14.8. The van der Waals surface area contributed by atoms with Crippen molar-refractivity contribution < 1.29 is 0 Å². The van der Waals surface area contributed by atoms with Crippen LogP contribution in [-0.4, -0.2) is 47.3 Å². The highest BCUT2D eigenvalue weighted by Crippen LogP contribution is 2.27. The van der Waals surface area contributed by atoms with Crippen LogP contribution >= 0.6 is 11.8 Å². The van der Waals surface area contributed by atoms with Gasteiger partial charge >= 0.3 is 0 Å². The number of anilines is 1. The predicted octanol–water partition coefficient (Wildman–Crippen LogP) is 1.91. The van der Waals surface area contributed by atoms with Gasteiger partial charge in [-0.05, 0) is 24.7 Å². The molecule has 0 aliphatic carbocycles. The van der Waals surface area contributed by atoms with Crippen LogP contribution in [0.25, 0.3) is 17.0 Å². The van der Waals surface area contributed by atoms with Gasteiger partial charge in [0.2, 0.25) is 0 Å². The van der Waals surface area contributed by atoms with Crippen LogP contribution in [0.4, 0.5) is 5.82 Å². The predicted molar refractivity (Wildman–Crippen MR) is 86.2 cm³/mol. The molecular weight excluding hydrogens is 298 g/mol. The first-order valence-electron chi connectivity index (χ1n) is 7.23. The van der Waals surface area contributed by atoms with Crippen LogP contribution in [0, 0.1) is 0 Å². The lowest BCUT2D eigenvalue weighted by Crippen LogP contribution is -2.14. The molecule has 4 rings (SSSR count). The Hall–Kier alpha value is -2.22. The number of aromatic nitrogens is 6. The van der Waals surface area contributed by atoms with E-state index in [4.69, 9.17) is 0 Å². The van der Waals surface area contributed by atoms with Crippen molar-refractivity contribution in [1.82, 2.24) is 29.7 Å². The Kier molecular flexibility index (Phi) is 3.59. The smallest absolute Gasteiger partial charge is 0.252 e. The molecule has 7 nitrogen and oxygen atoms in total. The van der Waals surface area contributed by atoms with Crippen molar-refractivity contribution in [3.8, 4) is 5.95 Å². The van der Waals surface area contributed by atoms with Gasteiger partial charge in [0.15, 0.2) is 5.65 Å². The molecule has 0 saturated carbocycles. The summed E-state index contributed by atoms with van der Waals surface area (Å²) in [4.78, 5) is 17.1. The lowest BCUT2D eigenvalue weighted by atomic mass is 10.2. The Labute approximate surface area is 131 Å². The van der Waals surface area contributed by atoms with E-state index < -0.39 is 0 Å². The number of fused-ring (bicyclic) bond motifs is 1. The average Bonchev–Trinajstić information content (AvgIpc) is 3.23. The Morgan fingerprint density at radius 2 is 2.14 bits per heavy atom. The number of nitrogens with one attached hydrogen (secondary N) is 1. The molecule has 112 valence electrons. The summed E-state index contributed by atoms with van der Waals surface area (Å²) in [7, 11) is 0. The van der Waals surface area contributed by atoms with E-state index in [1.54, 1.807) is 35.7 Å². The van der Waals surface area contributed by atoms with Gasteiger partial charge in [0.05, 0.1) is 11.6 Å². The third-order valence-corrected chi connectivity index (χ3v) is 5.03. The number of hydrogen-bond donors (Lipinski definition) is 1. The number of hydrogen-bond acceptors (Lipinski definition) is 7. The van der Waals surface area contributed by atoms with Crippen LogP contribution in [0.1, 0.15) is 12.8 Å². The summed E-state index contributed by atoms with van der Waals surface area (Å²) in [5, 5.41) is 9.33. The van der Waals surface area contributed by atoms with E-state index in [9.17, 15) is 0 Å². The van der Waals surface area contributed by atoms with E-state index in [0.717, 1.165) is 17.7 Å². The van der Waals surface area contributed by atoms with E-state index in [2.05, 4.69) is 30.4 Å². The first-order valence-corrected chi connectivity index (χ1v) is 8.28. The Morgan fingerprint density at radius 3 is 2.95 bits per heavy atom. The molecule has 0 spiro atoms. The Balaban J connectivity index is 1.65. The Morgan fingerprint density at radius 1 is 1.23 bits per heavy atom. The SMILES string of the molecule is c1cnc(-n2ncc3c(NCC4CCCS4)ncnc32)nc1. The molecule has 1 saturated heterocycles. The van der Waals surface area contributed by atoms with Crippen molar-refractivity contribution in [1.29, 1.82) is 0 Å². The van der Waals surface area contributed by atoms with Gasteiger partial charge in [-0.25, -0.2) is 19.9 Å². The van der Waals surface area contributed by atoms with Gasteiger partial charge in [-0.3, -0.25) is 0 Å². The second kappa shape index (κ2) is 5.88. The van der Waals surface area contributed by atoms with Gasteiger partial charge in [-0.15, -0.1) is 0 Å². The quantitative estimate of drug-likeness (QED) is 0.788. The third kappa shape index (κ3) is 2.50. The summed E-state index contributed by atoms with van der Waals surface area (Å²) in [5.41, 5.74) is 0.711. The van der Waals surface area contributed by atoms with Crippen molar-refractivity contribution >= 4 is 28.6 Å². The Bertz CT molecular complexity index is 767. The molecule has 0 bridgehead atoms. The molecule has 1 unspecified atom stereocenters. The molecule has 8 heteroatoms. The molecule has 1 atom stereocenters. The molecule has 3 aromatic rings. The van der Waals surface area contributed by atoms with Crippen LogP contribution in [0.15, 0.2) is 31.0 Å².